The van der Waals surface area contributed by atoms with Crippen molar-refractivity contribution >= 4 is 17.7 Å². The molecule has 0 atom stereocenters. The lowest BCUT2D eigenvalue weighted by Gasteiger charge is -1.97. The Labute approximate surface area is 71.8 Å². The minimum absolute atomic E-state index is 0.228. The van der Waals surface area contributed by atoms with Gasteiger partial charge in [0.15, 0.2) is 5.56 Å². The first-order valence-corrected chi connectivity index (χ1v) is 4.24. The number of thioether (sulfide) groups is 1. The van der Waals surface area contributed by atoms with E-state index >= 15 is 0 Å². The number of rotatable bonds is 2. The number of H-pyrrole nitrogens is 1. The van der Waals surface area contributed by atoms with E-state index < -0.39 is 11.5 Å². The van der Waals surface area contributed by atoms with E-state index in [1.165, 1.54) is 6.33 Å². The van der Waals surface area contributed by atoms with E-state index in [-0.39, 0.29) is 10.6 Å². The van der Waals surface area contributed by atoms with E-state index in [0.29, 0.717) is 0 Å². The van der Waals surface area contributed by atoms with Crippen LogP contribution in [0.4, 0.5) is 0 Å². The van der Waals surface area contributed by atoms with Crippen molar-refractivity contribution in [2.45, 2.75) is 5.03 Å². The second-order valence-corrected chi connectivity index (χ2v) is 2.72. The van der Waals surface area contributed by atoms with Crippen molar-refractivity contribution in [2.75, 3.05) is 6.26 Å². The van der Waals surface area contributed by atoms with E-state index in [9.17, 15) is 9.59 Å². The SMILES string of the molecule is CSc1nc[nH]c(=O)c1C(=O)O. The topological polar surface area (TPSA) is 83.0 Å². The Morgan fingerprint density at radius 1 is 1.75 bits per heavy atom. The summed E-state index contributed by atoms with van der Waals surface area (Å²) in [6.45, 7) is 0. The fourth-order valence-electron chi connectivity index (χ4n) is 0.727. The lowest BCUT2D eigenvalue weighted by Crippen LogP contribution is -2.19. The molecule has 0 bridgehead atoms. The molecule has 0 aliphatic carbocycles. The largest absolute Gasteiger partial charge is 0.477 e. The lowest BCUT2D eigenvalue weighted by molar-refractivity contribution is 0.0690. The van der Waals surface area contributed by atoms with Crippen molar-refractivity contribution in [1.82, 2.24) is 9.97 Å². The summed E-state index contributed by atoms with van der Waals surface area (Å²) in [5.41, 5.74) is -0.924. The van der Waals surface area contributed by atoms with Crippen LogP contribution >= 0.6 is 11.8 Å². The summed E-state index contributed by atoms with van der Waals surface area (Å²) in [6.07, 6.45) is 2.84. The van der Waals surface area contributed by atoms with Crippen LogP contribution in [-0.4, -0.2) is 27.3 Å². The lowest BCUT2D eigenvalue weighted by atomic mass is 10.3. The zero-order valence-corrected chi connectivity index (χ0v) is 7.01. The van der Waals surface area contributed by atoms with Gasteiger partial charge in [-0.1, -0.05) is 0 Å². The average molecular weight is 186 g/mol. The predicted octanol–water partition coefficient (Wildman–Crippen LogP) is 0.190. The molecular weight excluding hydrogens is 180 g/mol. The normalized spacial score (nSPS) is 9.75. The Balaban J connectivity index is 3.40. The molecule has 0 aliphatic rings. The minimum atomic E-state index is -1.26. The van der Waals surface area contributed by atoms with Crippen LogP contribution in [0.15, 0.2) is 16.1 Å². The molecule has 6 heteroatoms. The maximum atomic E-state index is 11.0. The molecule has 5 nitrogen and oxygen atoms in total. The number of carbonyl (C=O) groups is 1. The van der Waals surface area contributed by atoms with Gasteiger partial charge in [0.1, 0.15) is 5.03 Å². The number of aromatic amines is 1. The fraction of sp³-hybridized carbons (Fsp3) is 0.167. The average Bonchev–Trinajstić information content (AvgIpc) is 2.03. The quantitative estimate of drug-likeness (QED) is 0.509. The number of carboxylic acids is 1. The highest BCUT2D eigenvalue weighted by atomic mass is 32.2. The van der Waals surface area contributed by atoms with Crippen molar-refractivity contribution in [3.8, 4) is 0 Å². The maximum Gasteiger partial charge on any atom is 0.344 e. The molecule has 0 spiro atoms. The van der Waals surface area contributed by atoms with E-state index in [2.05, 4.69) is 9.97 Å². The van der Waals surface area contributed by atoms with Gasteiger partial charge in [-0.25, -0.2) is 9.78 Å². The van der Waals surface area contributed by atoms with Crippen LogP contribution < -0.4 is 5.56 Å². The maximum absolute atomic E-state index is 11.0. The first-order valence-electron chi connectivity index (χ1n) is 3.01. The highest BCUT2D eigenvalue weighted by Gasteiger charge is 2.14. The Kier molecular flexibility index (Phi) is 2.49. The Morgan fingerprint density at radius 2 is 2.42 bits per heavy atom. The molecule has 0 aliphatic heterocycles. The van der Waals surface area contributed by atoms with Gasteiger partial charge in [0.25, 0.3) is 5.56 Å². The highest BCUT2D eigenvalue weighted by molar-refractivity contribution is 7.98. The third-order valence-electron chi connectivity index (χ3n) is 1.23. The number of nitrogens with zero attached hydrogens (tertiary/aromatic N) is 1. The molecular formula is C6H6N2O3S. The summed E-state index contributed by atoms with van der Waals surface area (Å²) < 4.78 is 0. The van der Waals surface area contributed by atoms with Gasteiger partial charge in [-0.2, -0.15) is 0 Å². The molecule has 0 radical (unpaired) electrons. The summed E-state index contributed by atoms with van der Waals surface area (Å²) in [6, 6.07) is 0. The van der Waals surface area contributed by atoms with Gasteiger partial charge in [0.05, 0.1) is 6.33 Å². The van der Waals surface area contributed by atoms with Crippen LogP contribution in [0.2, 0.25) is 0 Å². The van der Waals surface area contributed by atoms with Crippen LogP contribution in [-0.2, 0) is 0 Å². The summed E-state index contributed by atoms with van der Waals surface area (Å²) in [4.78, 5) is 27.4. The highest BCUT2D eigenvalue weighted by Crippen LogP contribution is 2.12. The summed E-state index contributed by atoms with van der Waals surface area (Å²) in [5, 5.41) is 8.83. The number of aromatic nitrogens is 2. The minimum Gasteiger partial charge on any atom is -0.477 e. The number of hydrogen-bond donors (Lipinski definition) is 2. The third-order valence-corrected chi connectivity index (χ3v) is 1.92. The first-order chi connectivity index (χ1) is 5.66. The van der Waals surface area contributed by atoms with E-state index in [4.69, 9.17) is 5.11 Å². The van der Waals surface area contributed by atoms with Gasteiger partial charge in [0.2, 0.25) is 0 Å². The van der Waals surface area contributed by atoms with Gasteiger partial charge >= 0.3 is 5.97 Å². The zero-order chi connectivity index (χ0) is 9.14. The molecule has 1 aromatic rings. The monoisotopic (exact) mass is 186 g/mol. The molecule has 12 heavy (non-hydrogen) atoms. The smallest absolute Gasteiger partial charge is 0.344 e. The van der Waals surface area contributed by atoms with Crippen LogP contribution in [0.25, 0.3) is 0 Å². The summed E-state index contributed by atoms with van der Waals surface area (Å²) in [5.74, 6) is -1.26. The van der Waals surface area contributed by atoms with Crippen LogP contribution in [0.5, 0.6) is 0 Å². The second kappa shape index (κ2) is 3.40. The van der Waals surface area contributed by atoms with Gasteiger partial charge in [-0.3, -0.25) is 4.79 Å². The van der Waals surface area contributed by atoms with Crippen LogP contribution in [0.3, 0.4) is 0 Å². The molecule has 1 rings (SSSR count). The van der Waals surface area contributed by atoms with Gasteiger partial charge in [-0.15, -0.1) is 11.8 Å². The summed E-state index contributed by atoms with van der Waals surface area (Å²) >= 11 is 1.13. The molecule has 0 saturated carbocycles. The molecule has 1 aromatic heterocycles. The van der Waals surface area contributed by atoms with Gasteiger partial charge in [0, 0.05) is 0 Å². The molecule has 64 valence electrons. The van der Waals surface area contributed by atoms with E-state index in [1.807, 2.05) is 0 Å². The molecule has 2 N–H and O–H groups in total. The van der Waals surface area contributed by atoms with Crippen molar-refractivity contribution < 1.29 is 9.90 Å². The van der Waals surface area contributed by atoms with Gasteiger partial charge in [-0.05, 0) is 6.26 Å². The molecule has 0 aromatic carbocycles. The molecule has 0 unspecified atom stereocenters. The molecule has 0 saturated heterocycles. The van der Waals surface area contributed by atoms with E-state index in [1.54, 1.807) is 6.26 Å². The van der Waals surface area contributed by atoms with E-state index in [0.717, 1.165) is 11.8 Å². The Hall–Kier alpha value is -1.30. The number of hydrogen-bond acceptors (Lipinski definition) is 4. The van der Waals surface area contributed by atoms with Crippen LogP contribution in [0.1, 0.15) is 10.4 Å². The van der Waals surface area contributed by atoms with Crippen molar-refractivity contribution in [3.05, 3.63) is 22.2 Å². The number of aromatic carboxylic acids is 1. The third kappa shape index (κ3) is 1.48. The second-order valence-electron chi connectivity index (χ2n) is 1.92. The van der Waals surface area contributed by atoms with Crippen molar-refractivity contribution in [1.29, 1.82) is 0 Å². The van der Waals surface area contributed by atoms with Crippen molar-refractivity contribution in [3.63, 3.8) is 0 Å². The molecule has 1 heterocycles. The standard InChI is InChI=1S/C6H6N2O3S/c1-12-5-3(6(10)11)4(9)7-2-8-5/h2H,1H3,(H,10,11)(H,7,8,9). The Bertz CT molecular complexity index is 360. The molecule has 0 fully saturated rings. The van der Waals surface area contributed by atoms with Gasteiger partial charge < -0.3 is 10.1 Å². The fourth-order valence-corrected chi connectivity index (χ4v) is 1.27. The zero-order valence-electron chi connectivity index (χ0n) is 6.20. The predicted molar refractivity (Wildman–Crippen MR) is 43.6 cm³/mol. The Morgan fingerprint density at radius 3 is 2.83 bits per heavy atom. The van der Waals surface area contributed by atoms with Crippen LogP contribution in [0, 0.1) is 0 Å². The van der Waals surface area contributed by atoms with Crippen molar-refractivity contribution in [2.24, 2.45) is 0 Å². The number of nitrogens with one attached hydrogen (secondary N) is 1. The molecule has 0 amide bonds. The first kappa shape index (κ1) is 8.79. The number of carboxylic acid groups (broad SMARTS) is 1. The summed E-state index contributed by atoms with van der Waals surface area (Å²) in [7, 11) is 0.